The molecule has 1 fully saturated rings. The fourth-order valence-corrected chi connectivity index (χ4v) is 1.85. The van der Waals surface area contributed by atoms with Crippen molar-refractivity contribution in [1.29, 1.82) is 0 Å². The minimum absolute atomic E-state index is 0.0481. The highest BCUT2D eigenvalue weighted by Gasteiger charge is 2.23. The van der Waals surface area contributed by atoms with Gasteiger partial charge in [0.05, 0.1) is 12.5 Å². The molecule has 3 amide bonds. The van der Waals surface area contributed by atoms with Crippen LogP contribution >= 0.6 is 0 Å². The van der Waals surface area contributed by atoms with E-state index < -0.39 is 17.7 Å². The average molecular weight is 297 g/mol. The summed E-state index contributed by atoms with van der Waals surface area (Å²) in [5, 5.41) is 7.78. The Balaban J connectivity index is 2.75. The molecule has 0 unspecified atom stereocenters. The molecule has 0 aromatic heterocycles. The first kappa shape index (κ1) is 17.0. The van der Waals surface area contributed by atoms with Gasteiger partial charge in [-0.25, -0.2) is 4.79 Å². The summed E-state index contributed by atoms with van der Waals surface area (Å²) in [7, 11) is 1.52. The minimum Gasteiger partial charge on any atom is -0.444 e. The molecule has 1 aliphatic heterocycles. The monoisotopic (exact) mass is 297 g/mol. The Labute approximate surface area is 124 Å². The molecule has 7 heteroatoms. The number of nitrogens with one attached hydrogen (secondary N) is 3. The summed E-state index contributed by atoms with van der Waals surface area (Å²) >= 11 is 0. The second-order valence-electron chi connectivity index (χ2n) is 5.83. The van der Waals surface area contributed by atoms with E-state index in [9.17, 15) is 14.4 Å². The van der Waals surface area contributed by atoms with E-state index in [0.717, 1.165) is 0 Å². The van der Waals surface area contributed by atoms with Gasteiger partial charge in [0, 0.05) is 19.2 Å². The third kappa shape index (κ3) is 6.29. The van der Waals surface area contributed by atoms with Crippen LogP contribution in [0.3, 0.4) is 0 Å². The molecule has 0 aromatic carbocycles. The minimum atomic E-state index is -0.625. The molecule has 1 atom stereocenters. The summed E-state index contributed by atoms with van der Waals surface area (Å²) < 4.78 is 5.16. The van der Waals surface area contributed by atoms with Gasteiger partial charge in [-0.3, -0.25) is 9.59 Å². The van der Waals surface area contributed by atoms with Crippen LogP contribution in [0.2, 0.25) is 0 Å². The number of carbonyl (C=O) groups excluding carboxylic acids is 3. The van der Waals surface area contributed by atoms with Gasteiger partial charge in [-0.2, -0.15) is 0 Å². The molecule has 1 saturated heterocycles. The van der Waals surface area contributed by atoms with Gasteiger partial charge in [0.2, 0.25) is 11.8 Å². The van der Waals surface area contributed by atoms with Crippen LogP contribution in [0.1, 0.15) is 33.6 Å². The van der Waals surface area contributed by atoms with Gasteiger partial charge in [0.15, 0.2) is 0 Å². The number of carbonyl (C=O) groups is 3. The first-order chi connectivity index (χ1) is 9.71. The van der Waals surface area contributed by atoms with Crippen molar-refractivity contribution in [2.75, 3.05) is 13.6 Å². The molecule has 0 aromatic rings. The number of rotatable bonds is 4. The molecule has 0 saturated carbocycles. The highest BCUT2D eigenvalue weighted by molar-refractivity contribution is 5.95. The maximum absolute atomic E-state index is 11.8. The van der Waals surface area contributed by atoms with Crippen molar-refractivity contribution in [2.24, 2.45) is 0 Å². The van der Waals surface area contributed by atoms with Gasteiger partial charge in [0.1, 0.15) is 5.60 Å². The zero-order chi connectivity index (χ0) is 16.0. The molecule has 0 aliphatic carbocycles. The summed E-state index contributed by atoms with van der Waals surface area (Å²) in [5.74, 6) is -0.394. The van der Waals surface area contributed by atoms with Crippen LogP contribution in [0, 0.1) is 0 Å². The van der Waals surface area contributed by atoms with Crippen molar-refractivity contribution in [1.82, 2.24) is 16.0 Å². The normalized spacial score (nSPS) is 18.1. The Morgan fingerprint density at radius 3 is 2.57 bits per heavy atom. The highest BCUT2D eigenvalue weighted by Crippen LogP contribution is 2.12. The Bertz CT molecular complexity index is 452. The molecule has 3 N–H and O–H groups in total. The Morgan fingerprint density at radius 1 is 1.43 bits per heavy atom. The number of alkyl carbamates (subject to hydrolysis) is 1. The lowest BCUT2D eigenvalue weighted by molar-refractivity contribution is -0.121. The number of amides is 3. The quantitative estimate of drug-likeness (QED) is 0.657. The fraction of sp³-hybridized carbons (Fsp3) is 0.643. The predicted octanol–water partition coefficient (Wildman–Crippen LogP) is 0.462. The summed E-state index contributed by atoms with van der Waals surface area (Å²) in [4.78, 5) is 34.9. The maximum Gasteiger partial charge on any atom is 0.408 e. The van der Waals surface area contributed by atoms with Gasteiger partial charge in [-0.05, 0) is 27.2 Å². The molecular weight excluding hydrogens is 274 g/mol. The van der Waals surface area contributed by atoms with Crippen molar-refractivity contribution < 1.29 is 19.1 Å². The predicted molar refractivity (Wildman–Crippen MR) is 77.6 cm³/mol. The van der Waals surface area contributed by atoms with E-state index in [4.69, 9.17) is 4.74 Å². The molecule has 0 bridgehead atoms. The lowest BCUT2D eigenvalue weighted by Crippen LogP contribution is -2.41. The van der Waals surface area contributed by atoms with E-state index in [1.54, 1.807) is 26.8 Å². The molecule has 0 spiro atoms. The van der Waals surface area contributed by atoms with E-state index in [2.05, 4.69) is 16.0 Å². The standard InChI is InChI=1S/C14H23N3O4/c1-14(2,3)21-13(20)17-10(8-11(18)15-4)7-9-5-6-16-12(9)19/h7,10H,5-6,8H2,1-4H3,(H,15,18)(H,16,19)(H,17,20)/b9-7+/t10-/m0/s1. The SMILES string of the molecule is CNC(=O)C[C@H](/C=C1\CCNC1=O)NC(=O)OC(C)(C)C. The average Bonchev–Trinajstić information content (AvgIpc) is 2.72. The largest absolute Gasteiger partial charge is 0.444 e. The van der Waals surface area contributed by atoms with E-state index >= 15 is 0 Å². The van der Waals surface area contributed by atoms with Gasteiger partial charge in [-0.15, -0.1) is 0 Å². The Hall–Kier alpha value is -2.05. The molecule has 1 heterocycles. The molecular formula is C14H23N3O4. The summed E-state index contributed by atoms with van der Waals surface area (Å²) in [6.07, 6.45) is 1.62. The van der Waals surface area contributed by atoms with Crippen LogP contribution < -0.4 is 16.0 Å². The van der Waals surface area contributed by atoms with Crippen molar-refractivity contribution in [3.63, 3.8) is 0 Å². The smallest absolute Gasteiger partial charge is 0.408 e. The van der Waals surface area contributed by atoms with Crippen LogP contribution in [0.25, 0.3) is 0 Å². The van der Waals surface area contributed by atoms with Crippen molar-refractivity contribution in [3.05, 3.63) is 11.6 Å². The van der Waals surface area contributed by atoms with Gasteiger partial charge >= 0.3 is 6.09 Å². The van der Waals surface area contributed by atoms with E-state index in [1.807, 2.05) is 0 Å². The molecule has 21 heavy (non-hydrogen) atoms. The molecule has 7 nitrogen and oxygen atoms in total. The third-order valence-corrected chi connectivity index (χ3v) is 2.76. The van der Waals surface area contributed by atoms with Gasteiger partial charge in [0.25, 0.3) is 0 Å². The number of hydrogen-bond donors (Lipinski definition) is 3. The molecule has 0 radical (unpaired) electrons. The number of hydrogen-bond acceptors (Lipinski definition) is 4. The van der Waals surface area contributed by atoms with Gasteiger partial charge < -0.3 is 20.7 Å². The van der Waals surface area contributed by atoms with E-state index in [1.165, 1.54) is 7.05 Å². The summed E-state index contributed by atoms with van der Waals surface area (Å²) in [5.41, 5.74) is -0.0561. The van der Waals surface area contributed by atoms with Crippen LogP contribution in [0.15, 0.2) is 11.6 Å². The summed E-state index contributed by atoms with van der Waals surface area (Å²) in [6.45, 7) is 5.83. The molecule has 118 valence electrons. The second-order valence-corrected chi connectivity index (χ2v) is 5.83. The first-order valence-corrected chi connectivity index (χ1v) is 6.90. The zero-order valence-electron chi connectivity index (χ0n) is 12.9. The third-order valence-electron chi connectivity index (χ3n) is 2.76. The Morgan fingerprint density at radius 2 is 2.10 bits per heavy atom. The van der Waals surface area contributed by atoms with Crippen LogP contribution in [0.5, 0.6) is 0 Å². The van der Waals surface area contributed by atoms with Gasteiger partial charge in [-0.1, -0.05) is 6.08 Å². The van der Waals surface area contributed by atoms with E-state index in [0.29, 0.717) is 18.5 Å². The molecule has 1 aliphatic rings. The first-order valence-electron chi connectivity index (χ1n) is 6.90. The Kier molecular flexibility index (Phi) is 5.75. The topological polar surface area (TPSA) is 96.5 Å². The lowest BCUT2D eigenvalue weighted by atomic mass is 10.1. The highest BCUT2D eigenvalue weighted by atomic mass is 16.6. The maximum atomic E-state index is 11.8. The van der Waals surface area contributed by atoms with Crippen LogP contribution in [-0.2, 0) is 14.3 Å². The lowest BCUT2D eigenvalue weighted by Gasteiger charge is -2.22. The van der Waals surface area contributed by atoms with Crippen LogP contribution in [-0.4, -0.2) is 43.1 Å². The summed E-state index contributed by atoms with van der Waals surface area (Å²) in [6, 6.07) is -0.585. The number of ether oxygens (including phenoxy) is 1. The van der Waals surface area contributed by atoms with Crippen molar-refractivity contribution in [2.45, 2.75) is 45.3 Å². The van der Waals surface area contributed by atoms with Crippen LogP contribution in [0.4, 0.5) is 4.79 Å². The zero-order valence-corrected chi connectivity index (χ0v) is 12.9. The molecule has 1 rings (SSSR count). The van der Waals surface area contributed by atoms with E-state index in [-0.39, 0.29) is 18.2 Å². The second kappa shape index (κ2) is 7.10. The van der Waals surface area contributed by atoms with Crippen molar-refractivity contribution >= 4 is 17.9 Å². The van der Waals surface area contributed by atoms with Crippen molar-refractivity contribution in [3.8, 4) is 0 Å². The fourth-order valence-electron chi connectivity index (χ4n) is 1.85.